The van der Waals surface area contributed by atoms with Crippen LogP contribution in [-0.2, 0) is 10.1 Å². The molecular weight excluding hydrogens is 292 g/mol. The van der Waals surface area contributed by atoms with E-state index in [0.29, 0.717) is 12.6 Å². The second-order valence-corrected chi connectivity index (χ2v) is 5.47. The highest BCUT2D eigenvalue weighted by molar-refractivity contribution is 9.08. The number of nitrogens with zero attached hydrogens (tertiary/aromatic N) is 2. The second-order valence-electron chi connectivity index (χ2n) is 4.91. The van der Waals surface area contributed by atoms with E-state index < -0.39 is 0 Å². The molecule has 1 aliphatic heterocycles. The molecule has 1 saturated heterocycles. The topological polar surface area (TPSA) is 23.6 Å². The minimum absolute atomic E-state index is 0.196. The Balaban J connectivity index is 2.08. The fourth-order valence-corrected chi connectivity index (χ4v) is 2.54. The fourth-order valence-electron chi connectivity index (χ4n) is 2.17. The van der Waals surface area contributed by atoms with Gasteiger partial charge in [-0.25, -0.2) is 0 Å². The number of carbonyl (C=O) groups is 1. The van der Waals surface area contributed by atoms with Gasteiger partial charge in [0.15, 0.2) is 0 Å². The van der Waals surface area contributed by atoms with Crippen LogP contribution in [0.1, 0.15) is 19.4 Å². The van der Waals surface area contributed by atoms with Gasteiger partial charge in [0, 0.05) is 30.1 Å². The molecular formula is C14H19BrN2O. The lowest BCUT2D eigenvalue weighted by Crippen LogP contribution is -2.52. The third-order valence-corrected chi connectivity index (χ3v) is 4.03. The average molecular weight is 311 g/mol. The molecule has 0 aliphatic carbocycles. The van der Waals surface area contributed by atoms with Gasteiger partial charge in [0.1, 0.15) is 0 Å². The van der Waals surface area contributed by atoms with Crippen molar-refractivity contribution in [3.8, 4) is 0 Å². The Morgan fingerprint density at radius 2 is 1.89 bits per heavy atom. The maximum absolute atomic E-state index is 12.1. The Bertz CT molecular complexity index is 416. The van der Waals surface area contributed by atoms with Gasteiger partial charge in [0.25, 0.3) is 0 Å². The van der Waals surface area contributed by atoms with Crippen molar-refractivity contribution < 1.29 is 4.79 Å². The number of benzene rings is 1. The van der Waals surface area contributed by atoms with E-state index in [1.165, 1.54) is 5.56 Å². The van der Waals surface area contributed by atoms with Crippen LogP contribution in [0.3, 0.4) is 0 Å². The van der Waals surface area contributed by atoms with Crippen molar-refractivity contribution in [2.75, 3.05) is 24.5 Å². The molecule has 0 radical (unpaired) electrons. The summed E-state index contributed by atoms with van der Waals surface area (Å²) in [6, 6.07) is 8.61. The van der Waals surface area contributed by atoms with Crippen LogP contribution in [0.15, 0.2) is 24.3 Å². The summed E-state index contributed by atoms with van der Waals surface area (Å²) >= 11 is 3.43. The number of halogens is 1. The number of rotatable bonds is 3. The number of amides is 1. The van der Waals surface area contributed by atoms with Crippen molar-refractivity contribution in [2.24, 2.45) is 0 Å². The minimum atomic E-state index is 0.196. The molecule has 0 N–H and O–H groups in total. The Morgan fingerprint density at radius 3 is 2.39 bits per heavy atom. The van der Waals surface area contributed by atoms with Gasteiger partial charge < -0.3 is 4.90 Å². The largest absolute Gasteiger partial charge is 0.310 e. The summed E-state index contributed by atoms with van der Waals surface area (Å²) in [5.41, 5.74) is 2.24. The van der Waals surface area contributed by atoms with Crippen molar-refractivity contribution in [3.63, 3.8) is 0 Å². The molecule has 0 bridgehead atoms. The summed E-state index contributed by atoms with van der Waals surface area (Å²) in [5.74, 6) is 0.196. The van der Waals surface area contributed by atoms with E-state index in [2.05, 4.69) is 46.8 Å². The number of alkyl halides is 1. The number of anilines is 1. The predicted molar refractivity (Wildman–Crippen MR) is 78.1 cm³/mol. The summed E-state index contributed by atoms with van der Waals surface area (Å²) < 4.78 is 0. The van der Waals surface area contributed by atoms with E-state index in [1.54, 1.807) is 0 Å². The number of carbonyl (C=O) groups excluding carboxylic acids is 1. The van der Waals surface area contributed by atoms with Gasteiger partial charge in [-0.2, -0.15) is 0 Å². The van der Waals surface area contributed by atoms with E-state index in [4.69, 9.17) is 0 Å². The Morgan fingerprint density at radius 1 is 1.22 bits per heavy atom. The van der Waals surface area contributed by atoms with Crippen LogP contribution in [0.4, 0.5) is 5.69 Å². The summed E-state index contributed by atoms with van der Waals surface area (Å²) in [6.45, 7) is 6.52. The smallest absolute Gasteiger partial charge is 0.241 e. The summed E-state index contributed by atoms with van der Waals surface area (Å²) in [7, 11) is 0. The van der Waals surface area contributed by atoms with Crippen LogP contribution < -0.4 is 4.90 Å². The minimum Gasteiger partial charge on any atom is -0.310 e. The lowest BCUT2D eigenvalue weighted by Gasteiger charge is -2.36. The molecule has 0 spiro atoms. The number of hydrogen-bond donors (Lipinski definition) is 0. The first-order valence-electron chi connectivity index (χ1n) is 6.31. The molecule has 98 valence electrons. The Labute approximate surface area is 117 Å². The standard InChI is InChI=1S/C14H19BrN2O/c1-11(2)16-7-8-17(14(18)10-16)13-5-3-12(9-15)4-6-13/h3-6,11H,7-10H2,1-2H3. The third kappa shape index (κ3) is 2.93. The SMILES string of the molecule is CC(C)N1CCN(c2ccc(CBr)cc2)C(=O)C1. The second kappa shape index (κ2) is 5.85. The Hall–Kier alpha value is -0.870. The van der Waals surface area contributed by atoms with E-state index >= 15 is 0 Å². The van der Waals surface area contributed by atoms with E-state index in [9.17, 15) is 4.79 Å². The van der Waals surface area contributed by atoms with Gasteiger partial charge >= 0.3 is 0 Å². The zero-order chi connectivity index (χ0) is 13.1. The highest BCUT2D eigenvalue weighted by atomic mass is 79.9. The molecule has 1 amide bonds. The summed E-state index contributed by atoms with van der Waals surface area (Å²) in [6.07, 6.45) is 0. The normalized spacial score (nSPS) is 17.6. The molecule has 0 unspecified atom stereocenters. The Kier molecular flexibility index (Phi) is 4.40. The molecule has 1 aliphatic rings. The van der Waals surface area contributed by atoms with Crippen LogP contribution >= 0.6 is 15.9 Å². The van der Waals surface area contributed by atoms with Gasteiger partial charge in [-0.3, -0.25) is 9.69 Å². The van der Waals surface area contributed by atoms with Crippen molar-refractivity contribution in [3.05, 3.63) is 29.8 Å². The van der Waals surface area contributed by atoms with Gasteiger partial charge in [-0.15, -0.1) is 0 Å². The molecule has 0 saturated carbocycles. The quantitative estimate of drug-likeness (QED) is 0.801. The third-order valence-electron chi connectivity index (χ3n) is 3.38. The van der Waals surface area contributed by atoms with E-state index in [-0.39, 0.29) is 5.91 Å². The first kappa shape index (κ1) is 13.6. The monoisotopic (exact) mass is 310 g/mol. The van der Waals surface area contributed by atoms with Crippen LogP contribution in [0.25, 0.3) is 0 Å². The van der Waals surface area contributed by atoms with E-state index in [1.807, 2.05) is 17.0 Å². The lowest BCUT2D eigenvalue weighted by atomic mass is 10.2. The van der Waals surface area contributed by atoms with Gasteiger partial charge in [0.2, 0.25) is 5.91 Å². The predicted octanol–water partition coefficient (Wildman–Crippen LogP) is 2.64. The molecule has 0 atom stereocenters. The van der Waals surface area contributed by atoms with E-state index in [0.717, 1.165) is 24.1 Å². The molecule has 1 aromatic carbocycles. The first-order valence-corrected chi connectivity index (χ1v) is 7.43. The van der Waals surface area contributed by atoms with Gasteiger partial charge in [0.05, 0.1) is 6.54 Å². The van der Waals surface area contributed by atoms with Crippen molar-refractivity contribution >= 4 is 27.5 Å². The molecule has 18 heavy (non-hydrogen) atoms. The molecule has 3 nitrogen and oxygen atoms in total. The zero-order valence-electron chi connectivity index (χ0n) is 10.9. The van der Waals surface area contributed by atoms with Crippen LogP contribution in [0.2, 0.25) is 0 Å². The van der Waals surface area contributed by atoms with Crippen LogP contribution in [-0.4, -0.2) is 36.5 Å². The van der Waals surface area contributed by atoms with Gasteiger partial charge in [-0.05, 0) is 31.5 Å². The molecule has 4 heteroatoms. The molecule has 1 aromatic rings. The summed E-state index contributed by atoms with van der Waals surface area (Å²) in [5, 5.41) is 0.850. The molecule has 0 aromatic heterocycles. The summed E-state index contributed by atoms with van der Waals surface area (Å²) in [4.78, 5) is 16.2. The van der Waals surface area contributed by atoms with Crippen molar-refractivity contribution in [1.29, 1.82) is 0 Å². The maximum Gasteiger partial charge on any atom is 0.241 e. The van der Waals surface area contributed by atoms with Crippen LogP contribution in [0, 0.1) is 0 Å². The molecule has 1 fully saturated rings. The highest BCUT2D eigenvalue weighted by Crippen LogP contribution is 2.19. The van der Waals surface area contributed by atoms with Crippen LogP contribution in [0.5, 0.6) is 0 Å². The number of hydrogen-bond acceptors (Lipinski definition) is 2. The maximum atomic E-state index is 12.1. The molecule has 2 rings (SSSR count). The van der Waals surface area contributed by atoms with Crippen molar-refractivity contribution in [1.82, 2.24) is 4.90 Å². The average Bonchev–Trinajstić information content (AvgIpc) is 2.38. The first-order chi connectivity index (χ1) is 8.61. The lowest BCUT2D eigenvalue weighted by molar-refractivity contribution is -0.121. The van der Waals surface area contributed by atoms with Crippen molar-refractivity contribution in [2.45, 2.75) is 25.2 Å². The fraction of sp³-hybridized carbons (Fsp3) is 0.500. The van der Waals surface area contributed by atoms with Gasteiger partial charge in [-0.1, -0.05) is 28.1 Å². The zero-order valence-corrected chi connectivity index (χ0v) is 12.5. The highest BCUT2D eigenvalue weighted by Gasteiger charge is 2.26. The molecule has 1 heterocycles. The number of piperazine rings is 1.